The highest BCUT2D eigenvalue weighted by Gasteiger charge is 2.31. The highest BCUT2D eigenvalue weighted by atomic mass is 16.6. The number of hydrogen-bond donors (Lipinski definition) is 1. The Hall–Kier alpha value is -2.86. The average molecular weight is 464 g/mol. The zero-order chi connectivity index (χ0) is 24.5. The van der Waals surface area contributed by atoms with Gasteiger partial charge >= 0.3 is 6.09 Å². The molecule has 1 fully saturated rings. The number of amides is 1. The highest BCUT2D eigenvalue weighted by molar-refractivity contribution is 5.87. The van der Waals surface area contributed by atoms with Crippen LogP contribution in [0.25, 0.3) is 22.0 Å². The van der Waals surface area contributed by atoms with Crippen LogP contribution in [0.4, 0.5) is 4.79 Å². The molecule has 0 bridgehead atoms. The quantitative estimate of drug-likeness (QED) is 0.499. The van der Waals surface area contributed by atoms with E-state index in [1.165, 1.54) is 16.8 Å². The van der Waals surface area contributed by atoms with Crippen molar-refractivity contribution in [1.82, 2.24) is 14.7 Å². The van der Waals surface area contributed by atoms with Gasteiger partial charge in [0.2, 0.25) is 0 Å². The van der Waals surface area contributed by atoms with Gasteiger partial charge in [-0.2, -0.15) is 5.10 Å². The van der Waals surface area contributed by atoms with Crippen molar-refractivity contribution in [2.75, 3.05) is 19.7 Å². The lowest BCUT2D eigenvalue weighted by atomic mass is 9.90. The van der Waals surface area contributed by atoms with Crippen molar-refractivity contribution in [2.24, 2.45) is 0 Å². The summed E-state index contributed by atoms with van der Waals surface area (Å²) < 4.78 is 7.70. The van der Waals surface area contributed by atoms with Crippen molar-refractivity contribution >= 4 is 17.0 Å². The van der Waals surface area contributed by atoms with Gasteiger partial charge < -0.3 is 14.7 Å². The lowest BCUT2D eigenvalue weighted by molar-refractivity contribution is 0.0203. The standard InChI is InChI=1S/C28H37N3O3/c1-19-8-6-7-9-23(19)22-10-11-24-25(18-22)29-31(20(2)14-17-32)26(24)21-12-15-30(16-13-21)27(33)34-28(3,4)5/h6-11,18,20-21,32H,12-17H2,1-5H3. The second-order valence-corrected chi connectivity index (χ2v) is 10.5. The van der Waals surface area contributed by atoms with Crippen molar-refractivity contribution < 1.29 is 14.6 Å². The number of carbonyl (C=O) groups excluding carboxylic acids is 1. The molecule has 4 rings (SSSR count). The summed E-state index contributed by atoms with van der Waals surface area (Å²) in [6.07, 6.45) is 2.15. The zero-order valence-electron chi connectivity index (χ0n) is 21.0. The van der Waals surface area contributed by atoms with Gasteiger partial charge in [0.25, 0.3) is 0 Å². The number of benzene rings is 2. The Morgan fingerprint density at radius 1 is 1.18 bits per heavy atom. The molecule has 6 nitrogen and oxygen atoms in total. The normalized spacial score (nSPS) is 16.1. The molecule has 1 amide bonds. The molecule has 3 aromatic rings. The van der Waals surface area contributed by atoms with Crippen molar-refractivity contribution in [3.63, 3.8) is 0 Å². The van der Waals surface area contributed by atoms with Crippen LogP contribution in [0.5, 0.6) is 0 Å². The fourth-order valence-corrected chi connectivity index (χ4v) is 4.90. The highest BCUT2D eigenvalue weighted by Crippen LogP contribution is 2.37. The number of aryl methyl sites for hydroxylation is 1. The molecule has 1 unspecified atom stereocenters. The lowest BCUT2D eigenvalue weighted by Crippen LogP contribution is -2.41. The minimum Gasteiger partial charge on any atom is -0.444 e. The lowest BCUT2D eigenvalue weighted by Gasteiger charge is -2.34. The molecular weight excluding hydrogens is 426 g/mol. The number of carbonyl (C=O) groups is 1. The maximum atomic E-state index is 12.5. The van der Waals surface area contributed by atoms with Gasteiger partial charge in [-0.25, -0.2) is 4.79 Å². The Morgan fingerprint density at radius 2 is 1.88 bits per heavy atom. The molecule has 1 saturated heterocycles. The molecule has 1 atom stereocenters. The van der Waals surface area contributed by atoms with Crippen molar-refractivity contribution in [1.29, 1.82) is 0 Å². The number of hydrogen-bond acceptors (Lipinski definition) is 4. The first-order valence-corrected chi connectivity index (χ1v) is 12.3. The van der Waals surface area contributed by atoms with E-state index >= 15 is 0 Å². The van der Waals surface area contributed by atoms with Gasteiger partial charge in [-0.3, -0.25) is 4.68 Å². The SMILES string of the molecule is Cc1ccccc1-c1ccc2c(C3CCN(C(=O)OC(C)(C)C)CC3)n(C(C)CCO)nc2c1. The molecule has 34 heavy (non-hydrogen) atoms. The minimum atomic E-state index is -0.489. The number of fused-ring (bicyclic) bond motifs is 1. The van der Waals surface area contributed by atoms with Crippen LogP contribution in [-0.2, 0) is 4.74 Å². The molecule has 1 aromatic heterocycles. The Balaban J connectivity index is 1.65. The van der Waals surface area contributed by atoms with Crippen LogP contribution in [0.15, 0.2) is 42.5 Å². The van der Waals surface area contributed by atoms with E-state index in [-0.39, 0.29) is 18.7 Å². The molecule has 0 spiro atoms. The number of likely N-dealkylation sites (tertiary alicyclic amines) is 1. The molecule has 2 heterocycles. The van der Waals surface area contributed by atoms with E-state index in [2.05, 4.69) is 61.0 Å². The Kier molecular flexibility index (Phi) is 6.99. The summed E-state index contributed by atoms with van der Waals surface area (Å²) in [6, 6.07) is 15.1. The molecule has 1 aliphatic rings. The molecule has 0 saturated carbocycles. The predicted octanol–water partition coefficient (Wildman–Crippen LogP) is 6.07. The van der Waals surface area contributed by atoms with Crippen LogP contribution in [0, 0.1) is 6.92 Å². The third kappa shape index (κ3) is 5.12. The van der Waals surface area contributed by atoms with Gasteiger partial charge in [0.1, 0.15) is 5.60 Å². The number of aromatic nitrogens is 2. The summed E-state index contributed by atoms with van der Waals surface area (Å²) in [6.45, 7) is 11.4. The monoisotopic (exact) mass is 463 g/mol. The fourth-order valence-electron chi connectivity index (χ4n) is 4.90. The second-order valence-electron chi connectivity index (χ2n) is 10.5. The first-order chi connectivity index (χ1) is 16.2. The fraction of sp³-hybridized carbons (Fsp3) is 0.500. The van der Waals surface area contributed by atoms with Crippen molar-refractivity contribution in [3.8, 4) is 11.1 Å². The van der Waals surface area contributed by atoms with E-state index in [0.717, 1.165) is 29.3 Å². The van der Waals surface area contributed by atoms with Gasteiger partial charge in [-0.05, 0) is 76.6 Å². The number of ether oxygens (including phenoxy) is 1. The first kappa shape index (κ1) is 24.3. The van der Waals surface area contributed by atoms with Crippen LogP contribution >= 0.6 is 0 Å². The van der Waals surface area contributed by atoms with Crippen LogP contribution < -0.4 is 0 Å². The summed E-state index contributed by atoms with van der Waals surface area (Å²) in [7, 11) is 0. The topological polar surface area (TPSA) is 67.6 Å². The summed E-state index contributed by atoms with van der Waals surface area (Å²) >= 11 is 0. The third-order valence-corrected chi connectivity index (χ3v) is 6.69. The number of aliphatic hydroxyl groups is 1. The van der Waals surface area contributed by atoms with Crippen molar-refractivity contribution in [3.05, 3.63) is 53.7 Å². The molecule has 1 N–H and O–H groups in total. The number of nitrogens with zero attached hydrogens (tertiary/aromatic N) is 3. The van der Waals surface area contributed by atoms with Crippen LogP contribution in [0.3, 0.4) is 0 Å². The number of aliphatic hydroxyl groups excluding tert-OH is 1. The molecule has 0 radical (unpaired) electrons. The van der Waals surface area contributed by atoms with Crippen LogP contribution in [0.1, 0.15) is 70.2 Å². The van der Waals surface area contributed by atoms with E-state index < -0.39 is 5.60 Å². The summed E-state index contributed by atoms with van der Waals surface area (Å²) in [5.74, 6) is 0.300. The Morgan fingerprint density at radius 3 is 2.53 bits per heavy atom. The average Bonchev–Trinajstić information content (AvgIpc) is 3.17. The summed E-state index contributed by atoms with van der Waals surface area (Å²) in [4.78, 5) is 14.4. The van der Waals surface area contributed by atoms with Crippen LogP contribution in [-0.4, -0.2) is 51.2 Å². The number of piperidine rings is 1. The van der Waals surface area contributed by atoms with Gasteiger partial charge in [0.05, 0.1) is 11.6 Å². The molecule has 0 aliphatic carbocycles. The summed E-state index contributed by atoms with van der Waals surface area (Å²) in [5, 5.41) is 15.8. The third-order valence-electron chi connectivity index (χ3n) is 6.69. The molecule has 1 aliphatic heterocycles. The number of rotatable bonds is 5. The van der Waals surface area contributed by atoms with Crippen LogP contribution in [0.2, 0.25) is 0 Å². The molecule has 6 heteroatoms. The van der Waals surface area contributed by atoms with Gasteiger partial charge in [0, 0.05) is 36.7 Å². The van der Waals surface area contributed by atoms with Gasteiger partial charge in [0.15, 0.2) is 0 Å². The van der Waals surface area contributed by atoms with Gasteiger partial charge in [-0.15, -0.1) is 0 Å². The van der Waals surface area contributed by atoms with E-state index in [1.54, 1.807) is 0 Å². The van der Waals surface area contributed by atoms with E-state index in [0.29, 0.717) is 25.4 Å². The minimum absolute atomic E-state index is 0.0956. The summed E-state index contributed by atoms with van der Waals surface area (Å²) in [5.41, 5.74) is 5.33. The van der Waals surface area contributed by atoms with Gasteiger partial charge in [-0.1, -0.05) is 36.4 Å². The Labute approximate surface area is 202 Å². The molecule has 182 valence electrons. The first-order valence-electron chi connectivity index (χ1n) is 12.3. The largest absolute Gasteiger partial charge is 0.444 e. The van der Waals surface area contributed by atoms with Crippen molar-refractivity contribution in [2.45, 2.75) is 71.4 Å². The maximum absolute atomic E-state index is 12.5. The predicted molar refractivity (Wildman–Crippen MR) is 136 cm³/mol. The molecule has 2 aromatic carbocycles. The zero-order valence-corrected chi connectivity index (χ0v) is 21.0. The van der Waals surface area contributed by atoms with E-state index in [9.17, 15) is 9.90 Å². The second kappa shape index (κ2) is 9.79. The van der Waals surface area contributed by atoms with E-state index in [1.807, 2.05) is 25.7 Å². The van der Waals surface area contributed by atoms with E-state index in [4.69, 9.17) is 9.84 Å². The maximum Gasteiger partial charge on any atom is 0.410 e. The Bertz CT molecular complexity index is 1150. The molecular formula is C28H37N3O3. The smallest absolute Gasteiger partial charge is 0.410 e.